The second-order valence-electron chi connectivity index (χ2n) is 7.70. The Labute approximate surface area is 176 Å². The molecule has 29 heavy (non-hydrogen) atoms. The van der Waals surface area contributed by atoms with Crippen LogP contribution in [0.25, 0.3) is 0 Å². The lowest BCUT2D eigenvalue weighted by Gasteiger charge is -2.38. The van der Waals surface area contributed by atoms with Crippen molar-refractivity contribution >= 4 is 28.8 Å². The largest absolute Gasteiger partial charge is 0.417 e. The zero-order valence-electron chi connectivity index (χ0n) is 15.7. The quantitative estimate of drug-likeness (QED) is 0.638. The summed E-state index contributed by atoms with van der Waals surface area (Å²) in [5.74, 6) is -0.572. The van der Waals surface area contributed by atoms with E-state index in [9.17, 15) is 18.0 Å². The lowest BCUT2D eigenvalue weighted by molar-refractivity contribution is -0.137. The summed E-state index contributed by atoms with van der Waals surface area (Å²) < 4.78 is 39.6. The van der Waals surface area contributed by atoms with E-state index in [1.54, 1.807) is 11.3 Å². The third-order valence-corrected chi connectivity index (χ3v) is 7.13. The minimum Gasteiger partial charge on any atom is -0.344 e. The number of benzene rings is 1. The molecule has 2 unspecified atom stereocenters. The number of halogens is 4. The minimum absolute atomic E-state index is 0.142. The van der Waals surface area contributed by atoms with Crippen molar-refractivity contribution in [3.63, 3.8) is 0 Å². The van der Waals surface area contributed by atoms with E-state index in [0.29, 0.717) is 6.04 Å². The average molecular weight is 443 g/mol. The van der Waals surface area contributed by atoms with E-state index in [4.69, 9.17) is 11.6 Å². The van der Waals surface area contributed by atoms with Gasteiger partial charge >= 0.3 is 6.18 Å². The Kier molecular flexibility index (Phi) is 5.91. The standard InChI is InChI=1S/C21H22ClF3N2OS/c22-18-15(5-3-6-16(18)21(23,24)25)20(28)26-19(13-9-11-29-12-13)17-8-7-14-4-1-2-10-27(14)17/h3,5-6,9,11-12,14,17,19H,1-2,4,7-8,10H2,(H,26,28)/t14?,17?,19-/m0/s1. The van der Waals surface area contributed by atoms with Gasteiger partial charge in [0.1, 0.15) is 0 Å². The molecule has 0 bridgehead atoms. The monoisotopic (exact) mass is 442 g/mol. The Hall–Kier alpha value is -1.57. The number of amides is 1. The van der Waals surface area contributed by atoms with Crippen LogP contribution in [0.15, 0.2) is 35.0 Å². The van der Waals surface area contributed by atoms with Crippen molar-refractivity contribution < 1.29 is 18.0 Å². The maximum atomic E-state index is 13.2. The Morgan fingerprint density at radius 2 is 2.03 bits per heavy atom. The molecule has 3 atom stereocenters. The van der Waals surface area contributed by atoms with E-state index in [-0.39, 0.29) is 17.6 Å². The van der Waals surface area contributed by atoms with Crippen LogP contribution in [-0.2, 0) is 6.18 Å². The van der Waals surface area contributed by atoms with Gasteiger partial charge in [0, 0.05) is 12.1 Å². The fourth-order valence-electron chi connectivity index (χ4n) is 4.66. The van der Waals surface area contributed by atoms with Crippen LogP contribution in [0, 0.1) is 0 Å². The van der Waals surface area contributed by atoms with Gasteiger partial charge in [0.25, 0.3) is 5.91 Å². The molecule has 156 valence electrons. The molecule has 1 aromatic carbocycles. The highest BCUT2D eigenvalue weighted by Gasteiger charge is 2.41. The predicted molar refractivity (Wildman–Crippen MR) is 108 cm³/mol. The smallest absolute Gasteiger partial charge is 0.344 e. The molecule has 3 nitrogen and oxygen atoms in total. The first kappa shape index (κ1) is 20.7. The number of carbonyl (C=O) groups is 1. The number of alkyl halides is 3. The van der Waals surface area contributed by atoms with E-state index < -0.39 is 22.7 Å². The van der Waals surface area contributed by atoms with E-state index in [1.165, 1.54) is 25.0 Å². The lowest BCUT2D eigenvalue weighted by Crippen LogP contribution is -2.47. The number of piperidine rings is 1. The van der Waals surface area contributed by atoms with Crippen molar-refractivity contribution in [1.82, 2.24) is 10.2 Å². The maximum Gasteiger partial charge on any atom is 0.417 e. The third kappa shape index (κ3) is 4.18. The first-order valence-electron chi connectivity index (χ1n) is 9.80. The highest BCUT2D eigenvalue weighted by Crippen LogP contribution is 2.39. The third-order valence-electron chi connectivity index (χ3n) is 6.02. The Morgan fingerprint density at radius 3 is 2.76 bits per heavy atom. The number of nitrogens with one attached hydrogen (secondary N) is 1. The molecule has 0 saturated carbocycles. The SMILES string of the molecule is O=C(N[C@@H](c1ccsc1)C1CCC2CCCCN21)c1cccc(C(F)(F)F)c1Cl. The van der Waals surface area contributed by atoms with Crippen LogP contribution >= 0.6 is 22.9 Å². The Balaban J connectivity index is 1.62. The van der Waals surface area contributed by atoms with Crippen LogP contribution < -0.4 is 5.32 Å². The van der Waals surface area contributed by atoms with Gasteiger partial charge in [-0.25, -0.2) is 0 Å². The number of hydrogen-bond acceptors (Lipinski definition) is 3. The van der Waals surface area contributed by atoms with Gasteiger partial charge in [-0.1, -0.05) is 24.1 Å². The summed E-state index contributed by atoms with van der Waals surface area (Å²) in [6, 6.07) is 5.83. The highest BCUT2D eigenvalue weighted by atomic mass is 35.5. The highest BCUT2D eigenvalue weighted by molar-refractivity contribution is 7.08. The second kappa shape index (κ2) is 8.28. The Morgan fingerprint density at radius 1 is 1.21 bits per heavy atom. The maximum absolute atomic E-state index is 13.2. The summed E-state index contributed by atoms with van der Waals surface area (Å²) in [5.41, 5.74) is -0.145. The summed E-state index contributed by atoms with van der Waals surface area (Å²) in [4.78, 5) is 15.5. The molecule has 2 aliphatic rings. The molecule has 2 fully saturated rings. The van der Waals surface area contributed by atoms with E-state index >= 15 is 0 Å². The normalized spacial score (nSPS) is 23.6. The van der Waals surface area contributed by atoms with Crippen molar-refractivity contribution in [2.45, 2.75) is 56.4 Å². The van der Waals surface area contributed by atoms with Crippen molar-refractivity contribution in [2.24, 2.45) is 0 Å². The molecule has 1 N–H and O–H groups in total. The van der Waals surface area contributed by atoms with Crippen molar-refractivity contribution in [2.75, 3.05) is 6.54 Å². The molecule has 1 amide bonds. The molecular formula is C21H22ClF3N2OS. The summed E-state index contributed by atoms with van der Waals surface area (Å²) in [7, 11) is 0. The zero-order valence-corrected chi connectivity index (χ0v) is 17.3. The number of nitrogens with zero attached hydrogens (tertiary/aromatic N) is 1. The second-order valence-corrected chi connectivity index (χ2v) is 8.86. The van der Waals surface area contributed by atoms with E-state index in [1.807, 2.05) is 16.8 Å². The molecule has 2 aromatic rings. The zero-order chi connectivity index (χ0) is 20.6. The van der Waals surface area contributed by atoms with Crippen LogP contribution in [0.4, 0.5) is 13.2 Å². The summed E-state index contributed by atoms with van der Waals surface area (Å²) in [5, 5.41) is 6.40. The van der Waals surface area contributed by atoms with Crippen LogP contribution in [0.1, 0.15) is 59.6 Å². The number of fused-ring (bicyclic) bond motifs is 1. The molecule has 1 aromatic heterocycles. The molecule has 0 aliphatic carbocycles. The van der Waals surface area contributed by atoms with Crippen LogP contribution in [0.5, 0.6) is 0 Å². The molecular weight excluding hydrogens is 421 g/mol. The first-order valence-corrected chi connectivity index (χ1v) is 11.1. The van der Waals surface area contributed by atoms with Crippen molar-refractivity contribution in [3.05, 3.63) is 56.7 Å². The molecule has 0 radical (unpaired) electrons. The topological polar surface area (TPSA) is 32.3 Å². The van der Waals surface area contributed by atoms with Gasteiger partial charge < -0.3 is 5.32 Å². The number of rotatable bonds is 4. The molecule has 8 heteroatoms. The fraction of sp³-hybridized carbons (Fsp3) is 0.476. The van der Waals surface area contributed by atoms with E-state index in [0.717, 1.165) is 37.4 Å². The molecule has 2 aliphatic heterocycles. The average Bonchev–Trinajstić information content (AvgIpc) is 3.35. The lowest BCUT2D eigenvalue weighted by atomic mass is 9.98. The van der Waals surface area contributed by atoms with E-state index in [2.05, 4.69) is 10.2 Å². The number of hydrogen-bond donors (Lipinski definition) is 1. The molecule has 4 rings (SSSR count). The van der Waals surface area contributed by atoms with Gasteiger partial charge in [-0.05, 0) is 66.8 Å². The predicted octanol–water partition coefficient (Wildman–Crippen LogP) is 5.91. The summed E-state index contributed by atoms with van der Waals surface area (Å²) in [6.45, 7) is 0.996. The minimum atomic E-state index is -4.60. The summed E-state index contributed by atoms with van der Waals surface area (Å²) >= 11 is 7.52. The summed E-state index contributed by atoms with van der Waals surface area (Å²) in [6.07, 6.45) is 0.972. The van der Waals surface area contributed by atoms with Gasteiger partial charge in [0.2, 0.25) is 0 Å². The van der Waals surface area contributed by atoms with Gasteiger partial charge in [0.05, 0.1) is 22.2 Å². The fourth-order valence-corrected chi connectivity index (χ4v) is 5.67. The van der Waals surface area contributed by atoms with Gasteiger partial charge in [-0.15, -0.1) is 0 Å². The van der Waals surface area contributed by atoms with Crippen LogP contribution in [-0.4, -0.2) is 29.4 Å². The molecule has 2 saturated heterocycles. The molecule has 3 heterocycles. The van der Waals surface area contributed by atoms with Gasteiger partial charge in [-0.3, -0.25) is 9.69 Å². The van der Waals surface area contributed by atoms with Gasteiger partial charge in [-0.2, -0.15) is 24.5 Å². The molecule has 0 spiro atoms. The first-order chi connectivity index (χ1) is 13.9. The van der Waals surface area contributed by atoms with Crippen molar-refractivity contribution in [1.29, 1.82) is 0 Å². The Bertz CT molecular complexity index is 871. The van der Waals surface area contributed by atoms with Crippen LogP contribution in [0.2, 0.25) is 5.02 Å². The van der Waals surface area contributed by atoms with Crippen molar-refractivity contribution in [3.8, 4) is 0 Å². The number of thiophene rings is 1. The van der Waals surface area contributed by atoms with Gasteiger partial charge in [0.15, 0.2) is 0 Å². The van der Waals surface area contributed by atoms with Crippen LogP contribution in [0.3, 0.4) is 0 Å². The number of carbonyl (C=O) groups excluding carboxylic acids is 1.